The van der Waals surface area contributed by atoms with Gasteiger partial charge in [-0.05, 0) is 23.1 Å². The van der Waals surface area contributed by atoms with Crippen molar-refractivity contribution < 1.29 is 13.2 Å². The maximum Gasteiger partial charge on any atom is 0.252 e. The Labute approximate surface area is 140 Å². The Bertz CT molecular complexity index is 773. The molecular weight excluding hydrogens is 334 g/mol. The molecule has 0 aliphatic carbocycles. The fourth-order valence-corrected chi connectivity index (χ4v) is 5.23. The number of rotatable bonds is 4. The SMILES string of the molecule is Cn1ccc(CC(=O)N2CCN(S(=O)(=O)c3cccs3)CC2)c1. The molecule has 3 rings (SSSR count). The molecule has 1 amide bonds. The number of aromatic nitrogens is 1. The minimum Gasteiger partial charge on any atom is -0.357 e. The zero-order valence-corrected chi connectivity index (χ0v) is 14.5. The molecule has 0 saturated carbocycles. The van der Waals surface area contributed by atoms with Gasteiger partial charge in [0.05, 0.1) is 6.42 Å². The summed E-state index contributed by atoms with van der Waals surface area (Å²) in [6.07, 6.45) is 4.20. The van der Waals surface area contributed by atoms with Crippen molar-refractivity contribution in [1.82, 2.24) is 13.8 Å². The molecule has 0 N–H and O–H groups in total. The van der Waals surface area contributed by atoms with E-state index in [1.54, 1.807) is 22.4 Å². The van der Waals surface area contributed by atoms with Gasteiger partial charge in [0.25, 0.3) is 10.0 Å². The smallest absolute Gasteiger partial charge is 0.252 e. The van der Waals surface area contributed by atoms with Gasteiger partial charge in [0.2, 0.25) is 5.91 Å². The second-order valence-electron chi connectivity index (χ2n) is 5.58. The molecule has 8 heteroatoms. The molecule has 0 radical (unpaired) electrons. The Morgan fingerprint density at radius 3 is 2.52 bits per heavy atom. The lowest BCUT2D eigenvalue weighted by molar-refractivity contribution is -0.131. The van der Waals surface area contributed by atoms with E-state index in [1.807, 2.05) is 30.1 Å². The summed E-state index contributed by atoms with van der Waals surface area (Å²) < 4.78 is 28.6. The zero-order valence-electron chi connectivity index (χ0n) is 12.9. The van der Waals surface area contributed by atoms with E-state index in [4.69, 9.17) is 0 Å². The van der Waals surface area contributed by atoms with E-state index in [9.17, 15) is 13.2 Å². The molecule has 23 heavy (non-hydrogen) atoms. The molecule has 124 valence electrons. The van der Waals surface area contributed by atoms with Crippen LogP contribution in [-0.2, 0) is 28.3 Å². The number of hydrogen-bond acceptors (Lipinski definition) is 4. The third-order valence-corrected chi connectivity index (χ3v) is 7.20. The number of sulfonamides is 1. The van der Waals surface area contributed by atoms with Gasteiger partial charge in [0.1, 0.15) is 4.21 Å². The van der Waals surface area contributed by atoms with E-state index in [1.165, 1.54) is 15.6 Å². The van der Waals surface area contributed by atoms with Crippen LogP contribution in [0.25, 0.3) is 0 Å². The number of amides is 1. The highest BCUT2D eigenvalue weighted by molar-refractivity contribution is 7.91. The van der Waals surface area contributed by atoms with Crippen molar-refractivity contribution >= 4 is 27.3 Å². The Morgan fingerprint density at radius 1 is 1.22 bits per heavy atom. The molecule has 0 unspecified atom stereocenters. The molecule has 6 nitrogen and oxygen atoms in total. The van der Waals surface area contributed by atoms with E-state index in [0.717, 1.165) is 5.56 Å². The molecule has 1 aliphatic rings. The highest BCUT2D eigenvalue weighted by atomic mass is 32.2. The average molecular weight is 353 g/mol. The highest BCUT2D eigenvalue weighted by Crippen LogP contribution is 2.22. The molecule has 1 aliphatic heterocycles. The van der Waals surface area contributed by atoms with Gasteiger partial charge in [0, 0.05) is 45.6 Å². The summed E-state index contributed by atoms with van der Waals surface area (Å²) in [5, 5.41) is 1.76. The number of carbonyl (C=O) groups excluding carboxylic acids is 1. The molecule has 1 fully saturated rings. The molecule has 3 heterocycles. The average Bonchev–Trinajstić information content (AvgIpc) is 3.19. The first-order chi connectivity index (χ1) is 11.0. The van der Waals surface area contributed by atoms with E-state index in [-0.39, 0.29) is 5.91 Å². The van der Waals surface area contributed by atoms with Crippen molar-refractivity contribution in [1.29, 1.82) is 0 Å². The Balaban J connectivity index is 1.59. The van der Waals surface area contributed by atoms with E-state index in [2.05, 4.69) is 0 Å². The molecule has 0 bridgehead atoms. The fourth-order valence-electron chi connectivity index (χ4n) is 2.67. The normalized spacial score (nSPS) is 16.7. The lowest BCUT2D eigenvalue weighted by atomic mass is 10.2. The van der Waals surface area contributed by atoms with Crippen molar-refractivity contribution in [2.75, 3.05) is 26.2 Å². The Kier molecular flexibility index (Phi) is 4.56. The third kappa shape index (κ3) is 3.49. The fraction of sp³-hybridized carbons (Fsp3) is 0.400. The first-order valence-corrected chi connectivity index (χ1v) is 9.71. The molecule has 1 saturated heterocycles. The van der Waals surface area contributed by atoms with Crippen LogP contribution in [0.2, 0.25) is 0 Å². The molecule has 2 aromatic rings. The van der Waals surface area contributed by atoms with Gasteiger partial charge < -0.3 is 9.47 Å². The predicted octanol–water partition coefficient (Wildman–Crippen LogP) is 1.16. The van der Waals surface area contributed by atoms with Gasteiger partial charge in [0.15, 0.2) is 0 Å². The number of nitrogens with zero attached hydrogens (tertiary/aromatic N) is 3. The van der Waals surface area contributed by atoms with Crippen LogP contribution in [0.4, 0.5) is 0 Å². The van der Waals surface area contributed by atoms with Gasteiger partial charge >= 0.3 is 0 Å². The maximum absolute atomic E-state index is 12.4. The summed E-state index contributed by atoms with van der Waals surface area (Å²) in [5.41, 5.74) is 0.978. The lowest BCUT2D eigenvalue weighted by Crippen LogP contribution is -2.50. The maximum atomic E-state index is 12.4. The third-order valence-electron chi connectivity index (χ3n) is 3.93. The van der Waals surface area contributed by atoms with E-state index in [0.29, 0.717) is 36.8 Å². The minimum atomic E-state index is -3.41. The van der Waals surface area contributed by atoms with Crippen LogP contribution in [-0.4, -0.2) is 54.3 Å². The largest absolute Gasteiger partial charge is 0.357 e. The summed E-state index contributed by atoms with van der Waals surface area (Å²) in [6.45, 7) is 1.58. The van der Waals surface area contributed by atoms with Crippen molar-refractivity contribution in [2.24, 2.45) is 7.05 Å². The van der Waals surface area contributed by atoms with Crippen LogP contribution >= 0.6 is 11.3 Å². The summed E-state index contributed by atoms with van der Waals surface area (Å²) in [7, 11) is -1.49. The second-order valence-corrected chi connectivity index (χ2v) is 8.69. The van der Waals surface area contributed by atoms with Gasteiger partial charge in [-0.3, -0.25) is 4.79 Å². The topological polar surface area (TPSA) is 62.6 Å². The van der Waals surface area contributed by atoms with Crippen LogP contribution in [0.15, 0.2) is 40.2 Å². The minimum absolute atomic E-state index is 0.0457. The summed E-state index contributed by atoms with van der Waals surface area (Å²) in [5.74, 6) is 0.0457. The van der Waals surface area contributed by atoms with Crippen LogP contribution in [0.1, 0.15) is 5.56 Å². The van der Waals surface area contributed by atoms with Crippen LogP contribution in [0.3, 0.4) is 0 Å². The monoisotopic (exact) mass is 353 g/mol. The van der Waals surface area contributed by atoms with Crippen LogP contribution < -0.4 is 0 Å². The summed E-state index contributed by atoms with van der Waals surface area (Å²) >= 11 is 1.22. The highest BCUT2D eigenvalue weighted by Gasteiger charge is 2.30. The molecule has 0 aromatic carbocycles. The number of thiophene rings is 1. The lowest BCUT2D eigenvalue weighted by Gasteiger charge is -2.33. The first kappa shape index (κ1) is 16.2. The van der Waals surface area contributed by atoms with Gasteiger partial charge in [-0.15, -0.1) is 11.3 Å². The zero-order chi connectivity index (χ0) is 16.4. The van der Waals surface area contributed by atoms with Gasteiger partial charge in [-0.25, -0.2) is 8.42 Å². The van der Waals surface area contributed by atoms with Crippen LogP contribution in [0, 0.1) is 0 Å². The quantitative estimate of drug-likeness (QED) is 0.829. The molecule has 0 spiro atoms. The standard InChI is InChI=1S/C15H19N3O3S2/c1-16-5-4-13(12-16)11-14(19)17-6-8-18(9-7-17)23(20,21)15-3-2-10-22-15/h2-5,10,12H,6-9,11H2,1H3. The van der Waals surface area contributed by atoms with Gasteiger partial charge in [-0.1, -0.05) is 6.07 Å². The van der Waals surface area contributed by atoms with E-state index < -0.39 is 10.0 Å². The second kappa shape index (κ2) is 6.46. The van der Waals surface area contributed by atoms with Crippen molar-refractivity contribution in [2.45, 2.75) is 10.6 Å². The summed E-state index contributed by atoms with van der Waals surface area (Å²) in [6, 6.07) is 5.28. The number of aryl methyl sites for hydroxylation is 1. The molecule has 2 aromatic heterocycles. The number of hydrogen-bond donors (Lipinski definition) is 0. The Hall–Kier alpha value is -1.64. The summed E-state index contributed by atoms with van der Waals surface area (Å²) in [4.78, 5) is 14.1. The number of piperazine rings is 1. The van der Waals surface area contributed by atoms with E-state index >= 15 is 0 Å². The number of carbonyl (C=O) groups is 1. The van der Waals surface area contributed by atoms with Crippen molar-refractivity contribution in [3.63, 3.8) is 0 Å². The van der Waals surface area contributed by atoms with Gasteiger partial charge in [-0.2, -0.15) is 4.31 Å². The molecular formula is C15H19N3O3S2. The first-order valence-electron chi connectivity index (χ1n) is 7.39. The Morgan fingerprint density at radius 2 is 1.96 bits per heavy atom. The molecule has 0 atom stereocenters. The van der Waals surface area contributed by atoms with Crippen molar-refractivity contribution in [3.8, 4) is 0 Å². The van der Waals surface area contributed by atoms with Crippen LogP contribution in [0.5, 0.6) is 0 Å². The van der Waals surface area contributed by atoms with Crippen molar-refractivity contribution in [3.05, 3.63) is 41.5 Å². The predicted molar refractivity (Wildman–Crippen MR) is 88.8 cm³/mol.